The monoisotopic (exact) mass is 294 g/mol. The van der Waals surface area contributed by atoms with Gasteiger partial charge in [-0.2, -0.15) is 0 Å². The summed E-state index contributed by atoms with van der Waals surface area (Å²) in [5, 5.41) is 9.56. The fourth-order valence-corrected chi connectivity index (χ4v) is 1.94. The zero-order chi connectivity index (χ0) is 15.8. The number of rotatable bonds is 3. The molecule has 0 aromatic carbocycles. The van der Waals surface area contributed by atoms with Crippen molar-refractivity contribution in [1.29, 1.82) is 0 Å². The van der Waals surface area contributed by atoms with Gasteiger partial charge in [0.1, 0.15) is 5.82 Å². The highest BCUT2D eigenvalue weighted by molar-refractivity contribution is 6.55. The molecule has 2 rings (SSSR count). The van der Waals surface area contributed by atoms with Crippen molar-refractivity contribution in [2.45, 2.75) is 38.9 Å². The topological polar surface area (TPSA) is 77.6 Å². The third kappa shape index (κ3) is 3.10. The molecule has 0 atom stereocenters. The van der Waals surface area contributed by atoms with Crippen LogP contribution in [0.3, 0.4) is 0 Å². The van der Waals surface area contributed by atoms with Crippen molar-refractivity contribution in [3.05, 3.63) is 29.2 Å². The van der Waals surface area contributed by atoms with Crippen LogP contribution in [-0.4, -0.2) is 35.0 Å². The number of aliphatic hydroxyl groups excluding tert-OH is 1. The van der Waals surface area contributed by atoms with E-state index in [0.717, 1.165) is 6.20 Å². The molecule has 0 saturated carbocycles. The zero-order valence-corrected chi connectivity index (χ0v) is 12.7. The molecule has 21 heavy (non-hydrogen) atoms. The number of nitrogens with zero attached hydrogens (tertiary/aromatic N) is 1. The van der Waals surface area contributed by atoms with Crippen LogP contribution in [0.2, 0.25) is 0 Å². The van der Waals surface area contributed by atoms with Gasteiger partial charge in [0.25, 0.3) is 0 Å². The highest BCUT2D eigenvalue weighted by Crippen LogP contribution is 2.38. The summed E-state index contributed by atoms with van der Waals surface area (Å²) in [6, 6.07) is 1.18. The molecule has 1 fully saturated rings. The van der Waals surface area contributed by atoms with E-state index in [-0.39, 0.29) is 12.3 Å². The molecule has 5 nitrogen and oxygen atoms in total. The molecular weight excluding hydrogens is 274 g/mol. The number of anilines is 1. The van der Waals surface area contributed by atoms with E-state index in [1.165, 1.54) is 6.07 Å². The molecule has 0 aliphatic carbocycles. The molecule has 0 spiro atoms. The Hall–Kier alpha value is -1.44. The van der Waals surface area contributed by atoms with Crippen LogP contribution in [-0.2, 0) is 9.31 Å². The first-order valence-corrected chi connectivity index (χ1v) is 6.74. The van der Waals surface area contributed by atoms with Crippen LogP contribution in [0.25, 0.3) is 6.08 Å². The summed E-state index contributed by atoms with van der Waals surface area (Å²) >= 11 is 0. The summed E-state index contributed by atoms with van der Waals surface area (Å²) in [5.74, 6) is -0.508. The minimum atomic E-state index is -0.689. The number of nitrogens with two attached hydrogens (primary N) is 1. The standard InChI is InChI=1S/C14H20BFN2O3/c1-13(2)14(3,4)21-15(20-13)9(8-19)5-12-11(17)6-10(16)7-18-12/h5-7,19H,8,17H2,1-4H3. The van der Waals surface area contributed by atoms with Gasteiger partial charge in [0.05, 0.1) is 35.4 Å². The molecule has 0 unspecified atom stereocenters. The predicted octanol–water partition coefficient (Wildman–Crippen LogP) is 1.81. The Bertz CT molecular complexity index is 559. The van der Waals surface area contributed by atoms with Gasteiger partial charge in [-0.25, -0.2) is 4.39 Å². The second-order valence-corrected chi connectivity index (χ2v) is 6.09. The third-order valence-electron chi connectivity index (χ3n) is 3.98. The third-order valence-corrected chi connectivity index (χ3v) is 3.98. The first-order valence-electron chi connectivity index (χ1n) is 6.74. The molecule has 114 valence electrons. The largest absolute Gasteiger partial charge is 0.492 e. The molecule has 1 saturated heterocycles. The van der Waals surface area contributed by atoms with Crippen LogP contribution in [0.1, 0.15) is 33.4 Å². The quantitative estimate of drug-likeness (QED) is 0.831. The fourth-order valence-electron chi connectivity index (χ4n) is 1.94. The van der Waals surface area contributed by atoms with E-state index in [0.29, 0.717) is 11.2 Å². The fraction of sp³-hybridized carbons (Fsp3) is 0.500. The maximum Gasteiger partial charge on any atom is 0.492 e. The van der Waals surface area contributed by atoms with Gasteiger partial charge in [-0.3, -0.25) is 4.98 Å². The summed E-state index contributed by atoms with van der Waals surface area (Å²) < 4.78 is 24.7. The van der Waals surface area contributed by atoms with Crippen LogP contribution < -0.4 is 5.73 Å². The normalized spacial score (nSPS) is 20.9. The number of halogens is 1. The van der Waals surface area contributed by atoms with Crippen LogP contribution in [0, 0.1) is 5.82 Å². The molecule has 0 radical (unpaired) electrons. The Morgan fingerprint density at radius 1 is 1.38 bits per heavy atom. The van der Waals surface area contributed by atoms with E-state index in [1.807, 2.05) is 27.7 Å². The summed E-state index contributed by atoms with van der Waals surface area (Å²) in [6.45, 7) is 7.42. The van der Waals surface area contributed by atoms with Crippen LogP contribution in [0.4, 0.5) is 10.1 Å². The van der Waals surface area contributed by atoms with Gasteiger partial charge in [-0.15, -0.1) is 0 Å². The van der Waals surface area contributed by atoms with Crippen molar-refractivity contribution in [3.8, 4) is 0 Å². The van der Waals surface area contributed by atoms with Gasteiger partial charge >= 0.3 is 7.12 Å². The number of hydrogen-bond acceptors (Lipinski definition) is 5. The number of pyridine rings is 1. The number of nitrogen functional groups attached to an aromatic ring is 1. The summed E-state index contributed by atoms with van der Waals surface area (Å²) in [5.41, 5.74) is 5.76. The van der Waals surface area contributed by atoms with E-state index >= 15 is 0 Å². The number of hydrogen-bond donors (Lipinski definition) is 2. The second-order valence-electron chi connectivity index (χ2n) is 6.09. The Kier molecular flexibility index (Phi) is 4.10. The minimum absolute atomic E-state index is 0.192. The molecule has 7 heteroatoms. The van der Waals surface area contributed by atoms with E-state index < -0.39 is 24.1 Å². The second kappa shape index (κ2) is 5.40. The minimum Gasteiger partial charge on any atom is -0.400 e. The summed E-state index contributed by atoms with van der Waals surface area (Å²) in [7, 11) is -0.689. The number of aromatic nitrogens is 1. The average molecular weight is 294 g/mol. The number of aliphatic hydroxyl groups is 1. The first kappa shape index (κ1) is 15.9. The lowest BCUT2D eigenvalue weighted by Gasteiger charge is -2.32. The van der Waals surface area contributed by atoms with Crippen LogP contribution in [0.5, 0.6) is 0 Å². The predicted molar refractivity (Wildman–Crippen MR) is 79.8 cm³/mol. The molecule has 0 amide bonds. The maximum absolute atomic E-state index is 13.0. The van der Waals surface area contributed by atoms with Gasteiger partial charge in [0.15, 0.2) is 0 Å². The van der Waals surface area contributed by atoms with Gasteiger partial charge in [-0.05, 0) is 39.2 Å². The van der Waals surface area contributed by atoms with Crippen molar-refractivity contribution in [3.63, 3.8) is 0 Å². The van der Waals surface area contributed by atoms with Crippen molar-refractivity contribution < 1.29 is 18.8 Å². The van der Waals surface area contributed by atoms with Crippen LogP contribution >= 0.6 is 0 Å². The Labute approximate surface area is 124 Å². The Morgan fingerprint density at radius 3 is 2.43 bits per heavy atom. The van der Waals surface area contributed by atoms with E-state index in [9.17, 15) is 9.50 Å². The molecule has 1 aromatic rings. The van der Waals surface area contributed by atoms with Crippen molar-refractivity contribution in [1.82, 2.24) is 4.98 Å². The van der Waals surface area contributed by atoms with Crippen molar-refractivity contribution in [2.75, 3.05) is 12.3 Å². The molecule has 1 aliphatic rings. The smallest absolute Gasteiger partial charge is 0.400 e. The molecule has 1 aliphatic heterocycles. The molecular formula is C14H20BFN2O3. The van der Waals surface area contributed by atoms with Gasteiger partial charge in [0.2, 0.25) is 0 Å². The van der Waals surface area contributed by atoms with E-state index in [1.54, 1.807) is 6.08 Å². The first-order chi connectivity index (χ1) is 9.66. The lowest BCUT2D eigenvalue weighted by Crippen LogP contribution is -2.41. The van der Waals surface area contributed by atoms with Gasteiger partial charge < -0.3 is 20.1 Å². The zero-order valence-electron chi connectivity index (χ0n) is 12.7. The molecule has 0 bridgehead atoms. The lowest BCUT2D eigenvalue weighted by molar-refractivity contribution is 0.00578. The highest BCUT2D eigenvalue weighted by atomic mass is 19.1. The van der Waals surface area contributed by atoms with Gasteiger partial charge in [0, 0.05) is 6.07 Å². The van der Waals surface area contributed by atoms with Crippen LogP contribution in [0.15, 0.2) is 17.7 Å². The molecule has 1 aromatic heterocycles. The highest BCUT2D eigenvalue weighted by Gasteiger charge is 2.52. The Morgan fingerprint density at radius 2 is 1.95 bits per heavy atom. The molecule has 3 N–H and O–H groups in total. The Balaban J connectivity index is 2.31. The average Bonchev–Trinajstić information content (AvgIpc) is 2.57. The maximum atomic E-state index is 13.0. The SMILES string of the molecule is CC1(C)OB(C(=Cc2ncc(F)cc2N)CO)OC1(C)C. The van der Waals surface area contributed by atoms with E-state index in [2.05, 4.69) is 4.98 Å². The summed E-state index contributed by atoms with van der Waals surface area (Å²) in [6.07, 6.45) is 2.64. The van der Waals surface area contributed by atoms with Gasteiger partial charge in [-0.1, -0.05) is 0 Å². The van der Waals surface area contributed by atoms with Crippen molar-refractivity contribution in [2.24, 2.45) is 0 Å². The molecule has 2 heterocycles. The summed E-state index contributed by atoms with van der Waals surface area (Å²) in [4.78, 5) is 3.91. The lowest BCUT2D eigenvalue weighted by atomic mass is 9.78. The van der Waals surface area contributed by atoms with E-state index in [4.69, 9.17) is 15.0 Å². The van der Waals surface area contributed by atoms with Crippen molar-refractivity contribution >= 4 is 18.9 Å².